The number of aromatic nitrogens is 3. The number of rotatable bonds is 3. The Kier molecular flexibility index (Phi) is 4.87. The van der Waals surface area contributed by atoms with E-state index < -0.39 is 5.91 Å². The Balaban J connectivity index is 1.65. The highest BCUT2D eigenvalue weighted by Gasteiger charge is 2.20. The molecule has 3 heterocycles. The maximum atomic E-state index is 12.8. The Morgan fingerprint density at radius 3 is 2.46 bits per heavy atom. The minimum absolute atomic E-state index is 0.0673. The van der Waals surface area contributed by atoms with Gasteiger partial charge in [0.05, 0.1) is 21.4 Å². The number of halogens is 2. The summed E-state index contributed by atoms with van der Waals surface area (Å²) in [6.45, 7) is 4.68. The predicted octanol–water partition coefficient (Wildman–Crippen LogP) is 4.21. The number of nitrogens with zero attached hydrogens (tertiary/aromatic N) is 3. The average molecular weight is 419 g/mol. The van der Waals surface area contributed by atoms with E-state index in [4.69, 9.17) is 32.7 Å². The van der Waals surface area contributed by atoms with Crippen LogP contribution in [0, 0.1) is 13.8 Å². The van der Waals surface area contributed by atoms with E-state index in [0.29, 0.717) is 41.2 Å². The lowest BCUT2D eigenvalue weighted by Gasteiger charge is -2.20. The zero-order valence-electron chi connectivity index (χ0n) is 15.1. The molecule has 0 unspecified atom stereocenters. The van der Waals surface area contributed by atoms with Crippen molar-refractivity contribution in [3.05, 3.63) is 57.5 Å². The summed E-state index contributed by atoms with van der Waals surface area (Å²) in [5.41, 5.74) is 2.19. The molecule has 1 aliphatic rings. The number of fused-ring (bicyclic) bond motifs is 1. The van der Waals surface area contributed by atoms with Gasteiger partial charge in [0.2, 0.25) is 0 Å². The average Bonchev–Trinajstić information content (AvgIpc) is 3.01. The summed E-state index contributed by atoms with van der Waals surface area (Å²) in [4.78, 5) is 17.2. The second-order valence-corrected chi connectivity index (χ2v) is 7.08. The molecule has 4 rings (SSSR count). The third-order valence-corrected chi connectivity index (χ3v) is 4.77. The molecular weight excluding hydrogens is 403 g/mol. The number of nitrogens with one attached hydrogen (secondary N) is 1. The number of benzene rings is 1. The summed E-state index contributed by atoms with van der Waals surface area (Å²) in [7, 11) is 0. The lowest BCUT2D eigenvalue weighted by molar-refractivity contribution is 0.102. The molecule has 0 fully saturated rings. The van der Waals surface area contributed by atoms with E-state index in [1.54, 1.807) is 28.9 Å². The van der Waals surface area contributed by atoms with Crippen LogP contribution in [0.2, 0.25) is 10.0 Å². The van der Waals surface area contributed by atoms with Crippen molar-refractivity contribution in [3.63, 3.8) is 0 Å². The minimum atomic E-state index is -0.494. The van der Waals surface area contributed by atoms with Crippen LogP contribution in [0.25, 0.3) is 5.82 Å². The van der Waals surface area contributed by atoms with Crippen LogP contribution in [-0.2, 0) is 0 Å². The van der Waals surface area contributed by atoms with E-state index in [-0.39, 0.29) is 10.7 Å². The maximum Gasteiger partial charge on any atom is 0.275 e. The molecule has 1 N–H and O–H groups in total. The Morgan fingerprint density at radius 1 is 1.07 bits per heavy atom. The van der Waals surface area contributed by atoms with Crippen LogP contribution < -0.4 is 14.8 Å². The van der Waals surface area contributed by atoms with E-state index in [0.717, 1.165) is 11.4 Å². The van der Waals surface area contributed by atoms with Gasteiger partial charge in [0.15, 0.2) is 17.3 Å². The normalized spacial score (nSPS) is 12.7. The molecule has 0 spiro atoms. The summed E-state index contributed by atoms with van der Waals surface area (Å²) < 4.78 is 12.7. The molecule has 1 aliphatic heterocycles. The third kappa shape index (κ3) is 3.50. The molecule has 1 amide bonds. The van der Waals surface area contributed by atoms with Crippen molar-refractivity contribution < 1.29 is 14.3 Å². The molecular formula is C19H16Cl2N4O3. The number of anilines is 1. The fourth-order valence-electron chi connectivity index (χ4n) is 2.91. The first kappa shape index (κ1) is 18.6. The van der Waals surface area contributed by atoms with Crippen LogP contribution in [-0.4, -0.2) is 33.9 Å². The smallest absolute Gasteiger partial charge is 0.275 e. The number of hydrogen-bond acceptors (Lipinski definition) is 5. The van der Waals surface area contributed by atoms with E-state index >= 15 is 0 Å². The first-order chi connectivity index (χ1) is 13.4. The summed E-state index contributed by atoms with van der Waals surface area (Å²) in [5, 5.41) is 7.66. The second kappa shape index (κ2) is 7.33. The number of carbonyl (C=O) groups excluding carboxylic acids is 1. The van der Waals surface area contributed by atoms with Crippen molar-refractivity contribution in [2.75, 3.05) is 18.5 Å². The topological polar surface area (TPSA) is 78.3 Å². The lowest BCUT2D eigenvalue weighted by atomic mass is 10.2. The molecule has 3 aromatic rings. The van der Waals surface area contributed by atoms with Crippen molar-refractivity contribution >= 4 is 34.8 Å². The van der Waals surface area contributed by atoms with Gasteiger partial charge in [-0.1, -0.05) is 23.2 Å². The van der Waals surface area contributed by atoms with Gasteiger partial charge in [-0.3, -0.25) is 4.79 Å². The number of hydrogen-bond donors (Lipinski definition) is 1. The van der Waals surface area contributed by atoms with Crippen molar-refractivity contribution in [1.29, 1.82) is 0 Å². The monoisotopic (exact) mass is 418 g/mol. The first-order valence-electron chi connectivity index (χ1n) is 8.53. The quantitative estimate of drug-likeness (QED) is 0.688. The number of ether oxygens (including phenoxy) is 2. The van der Waals surface area contributed by atoms with Gasteiger partial charge in [-0.25, -0.2) is 9.67 Å². The van der Waals surface area contributed by atoms with Gasteiger partial charge in [0.1, 0.15) is 18.9 Å². The number of amides is 1. The summed E-state index contributed by atoms with van der Waals surface area (Å²) >= 11 is 12.5. The van der Waals surface area contributed by atoms with E-state index in [1.165, 1.54) is 0 Å². The molecule has 7 nitrogen and oxygen atoms in total. The minimum Gasteiger partial charge on any atom is -0.486 e. The molecule has 0 aliphatic carbocycles. The van der Waals surface area contributed by atoms with E-state index in [1.807, 2.05) is 19.9 Å². The van der Waals surface area contributed by atoms with Crippen molar-refractivity contribution in [3.8, 4) is 17.3 Å². The highest BCUT2D eigenvalue weighted by atomic mass is 35.5. The second-order valence-electron chi connectivity index (χ2n) is 6.27. The maximum absolute atomic E-state index is 12.8. The molecule has 1 aromatic carbocycles. The molecule has 0 saturated heterocycles. The first-order valence-corrected chi connectivity index (χ1v) is 9.28. The van der Waals surface area contributed by atoms with Gasteiger partial charge in [-0.05, 0) is 32.0 Å². The van der Waals surface area contributed by atoms with Gasteiger partial charge in [0.25, 0.3) is 5.91 Å². The standard InChI is InChI=1S/C19H16Cl2N4O3/c1-10-7-11(2)25(24-10)17-4-3-12(20)18(23-17)19(26)22-14-9-16-15(8-13(14)21)27-5-6-28-16/h3-4,7-9H,5-6H2,1-2H3,(H,22,26). The van der Waals surface area contributed by atoms with Crippen LogP contribution >= 0.6 is 23.2 Å². The third-order valence-electron chi connectivity index (χ3n) is 4.15. The molecule has 9 heteroatoms. The Morgan fingerprint density at radius 2 is 1.79 bits per heavy atom. The summed E-state index contributed by atoms with van der Waals surface area (Å²) in [6, 6.07) is 8.46. The van der Waals surface area contributed by atoms with Crippen molar-refractivity contribution in [2.45, 2.75) is 13.8 Å². The van der Waals surface area contributed by atoms with Crippen LogP contribution in [0.5, 0.6) is 11.5 Å². The zero-order chi connectivity index (χ0) is 19.8. The van der Waals surface area contributed by atoms with Crippen LogP contribution in [0.1, 0.15) is 21.9 Å². The number of aryl methyl sites for hydroxylation is 2. The van der Waals surface area contributed by atoms with E-state index in [9.17, 15) is 4.79 Å². The fourth-order valence-corrected chi connectivity index (χ4v) is 3.30. The van der Waals surface area contributed by atoms with Gasteiger partial charge in [-0.2, -0.15) is 5.10 Å². The van der Waals surface area contributed by atoms with Crippen LogP contribution in [0.15, 0.2) is 30.3 Å². The Hall–Kier alpha value is -2.77. The summed E-state index contributed by atoms with van der Waals surface area (Å²) in [5.74, 6) is 1.05. The highest BCUT2D eigenvalue weighted by Crippen LogP contribution is 2.38. The molecule has 2 aromatic heterocycles. The molecule has 28 heavy (non-hydrogen) atoms. The number of pyridine rings is 1. The largest absolute Gasteiger partial charge is 0.486 e. The Labute approximate surface area is 171 Å². The molecule has 0 radical (unpaired) electrons. The lowest BCUT2D eigenvalue weighted by Crippen LogP contribution is -2.18. The van der Waals surface area contributed by atoms with Crippen molar-refractivity contribution in [2.24, 2.45) is 0 Å². The Bertz CT molecular complexity index is 1080. The van der Waals surface area contributed by atoms with Gasteiger partial charge >= 0.3 is 0 Å². The van der Waals surface area contributed by atoms with Crippen molar-refractivity contribution in [1.82, 2.24) is 14.8 Å². The van der Waals surface area contributed by atoms with Crippen LogP contribution in [0.4, 0.5) is 5.69 Å². The SMILES string of the molecule is Cc1cc(C)n(-c2ccc(Cl)c(C(=O)Nc3cc4c(cc3Cl)OCCO4)n2)n1. The molecule has 0 saturated carbocycles. The van der Waals surface area contributed by atoms with Gasteiger partial charge in [0, 0.05) is 17.8 Å². The fraction of sp³-hybridized carbons (Fsp3) is 0.211. The summed E-state index contributed by atoms with van der Waals surface area (Å²) in [6.07, 6.45) is 0. The van der Waals surface area contributed by atoms with Gasteiger partial charge < -0.3 is 14.8 Å². The molecule has 0 atom stereocenters. The molecule has 144 valence electrons. The molecule has 0 bridgehead atoms. The predicted molar refractivity (Wildman–Crippen MR) is 106 cm³/mol. The number of carbonyl (C=O) groups is 1. The van der Waals surface area contributed by atoms with Crippen LogP contribution in [0.3, 0.4) is 0 Å². The van der Waals surface area contributed by atoms with Gasteiger partial charge in [-0.15, -0.1) is 0 Å². The highest BCUT2D eigenvalue weighted by molar-refractivity contribution is 6.35. The zero-order valence-corrected chi connectivity index (χ0v) is 16.6. The van der Waals surface area contributed by atoms with E-state index in [2.05, 4.69) is 15.4 Å².